The van der Waals surface area contributed by atoms with Crippen molar-refractivity contribution in [2.24, 2.45) is 46.3 Å². The van der Waals surface area contributed by atoms with E-state index in [4.69, 9.17) is 0 Å². The molecule has 4 aliphatic carbocycles. The van der Waals surface area contributed by atoms with Gasteiger partial charge in [0.15, 0.2) is 0 Å². The lowest BCUT2D eigenvalue weighted by atomic mass is 9.43. The molecule has 0 amide bonds. The minimum atomic E-state index is -0.188. The van der Waals surface area contributed by atoms with E-state index >= 15 is 0 Å². The summed E-state index contributed by atoms with van der Waals surface area (Å²) in [7, 11) is 0. The molecule has 0 unspecified atom stereocenters. The second kappa shape index (κ2) is 7.13. The fraction of sp³-hybridized carbons (Fsp3) is 0.958. The summed E-state index contributed by atoms with van der Waals surface area (Å²) in [5.74, 6) is 3.51. The molecule has 3 nitrogen and oxygen atoms in total. The highest BCUT2D eigenvalue weighted by molar-refractivity contribution is 5.49. The third-order valence-electron chi connectivity index (χ3n) is 10.2. The van der Waals surface area contributed by atoms with E-state index in [-0.39, 0.29) is 12.2 Å². The first-order valence-electron chi connectivity index (χ1n) is 11.6. The molecular weight excluding hydrogens is 336 g/mol. The van der Waals surface area contributed by atoms with Crippen LogP contribution in [0.4, 0.5) is 0 Å². The molecule has 3 heteroatoms. The molecule has 0 aromatic rings. The predicted octanol–water partition coefficient (Wildman–Crippen LogP) is 4.59. The van der Waals surface area contributed by atoms with E-state index in [0.29, 0.717) is 52.8 Å². The van der Waals surface area contributed by atoms with Gasteiger partial charge in [-0.2, -0.15) is 0 Å². The van der Waals surface area contributed by atoms with Crippen molar-refractivity contribution >= 4 is 6.29 Å². The average Bonchev–Trinajstić information content (AvgIpc) is 2.98. The Morgan fingerprint density at radius 2 is 1.70 bits per heavy atom. The van der Waals surface area contributed by atoms with Crippen LogP contribution >= 0.6 is 0 Å². The molecule has 0 aromatic carbocycles. The molecule has 4 saturated carbocycles. The van der Waals surface area contributed by atoms with Gasteiger partial charge in [-0.1, -0.05) is 20.8 Å². The standard InChI is InChI=1S/C24H40O3/c1-15(5-4-12-25)18-6-7-19-22-20(9-11-24(18,19)3)23(2)10-8-17(26)13-16(23)14-21(22)27/h12,15-22,26-27H,4-11,13-14H2,1-3H3/t15-,16+,17-,18-,19+,20+,21-,22+,23+,24-/m1/s1. The van der Waals surface area contributed by atoms with Gasteiger partial charge < -0.3 is 15.0 Å². The summed E-state index contributed by atoms with van der Waals surface area (Å²) in [5, 5.41) is 21.4. The number of aliphatic hydroxyl groups is 2. The number of carbonyl (C=O) groups excluding carboxylic acids is 1. The molecule has 0 bridgehead atoms. The Morgan fingerprint density at radius 3 is 2.44 bits per heavy atom. The van der Waals surface area contributed by atoms with Gasteiger partial charge in [0, 0.05) is 6.42 Å². The van der Waals surface area contributed by atoms with E-state index in [1.807, 2.05) is 0 Å². The molecule has 0 heterocycles. The maximum absolute atomic E-state index is 11.2. The molecule has 4 rings (SSSR count). The third kappa shape index (κ3) is 3.03. The molecule has 2 N–H and O–H groups in total. The van der Waals surface area contributed by atoms with Gasteiger partial charge in [0.2, 0.25) is 0 Å². The van der Waals surface area contributed by atoms with Crippen molar-refractivity contribution in [2.45, 2.75) is 97.2 Å². The van der Waals surface area contributed by atoms with Gasteiger partial charge in [-0.3, -0.25) is 0 Å². The fourth-order valence-corrected chi connectivity index (χ4v) is 8.71. The number of carbonyl (C=O) groups is 1. The molecule has 4 aliphatic rings. The van der Waals surface area contributed by atoms with E-state index in [9.17, 15) is 15.0 Å². The molecule has 0 saturated heterocycles. The molecule has 0 aliphatic heterocycles. The van der Waals surface area contributed by atoms with Gasteiger partial charge in [0.05, 0.1) is 12.2 Å². The van der Waals surface area contributed by atoms with E-state index < -0.39 is 0 Å². The van der Waals surface area contributed by atoms with Crippen LogP contribution in [-0.2, 0) is 4.79 Å². The maximum atomic E-state index is 11.2. The highest BCUT2D eigenvalue weighted by Gasteiger charge is 2.62. The normalized spacial score (nSPS) is 53.1. The number of aliphatic hydroxyl groups excluding tert-OH is 2. The van der Waals surface area contributed by atoms with E-state index in [1.54, 1.807) is 0 Å². The predicted molar refractivity (Wildman–Crippen MR) is 107 cm³/mol. The van der Waals surface area contributed by atoms with Crippen molar-refractivity contribution in [3.63, 3.8) is 0 Å². The van der Waals surface area contributed by atoms with Crippen LogP contribution in [0, 0.1) is 46.3 Å². The quantitative estimate of drug-likeness (QED) is 0.706. The summed E-state index contributed by atoms with van der Waals surface area (Å²) in [6, 6.07) is 0. The Morgan fingerprint density at radius 1 is 1.00 bits per heavy atom. The fourth-order valence-electron chi connectivity index (χ4n) is 8.71. The molecule has 0 radical (unpaired) electrons. The van der Waals surface area contributed by atoms with Gasteiger partial charge in [-0.05, 0) is 104 Å². The Hall–Kier alpha value is -0.410. The molecule has 0 spiro atoms. The molecule has 4 fully saturated rings. The minimum Gasteiger partial charge on any atom is -0.393 e. The van der Waals surface area contributed by atoms with Gasteiger partial charge in [-0.15, -0.1) is 0 Å². The summed E-state index contributed by atoms with van der Waals surface area (Å²) < 4.78 is 0. The lowest BCUT2D eigenvalue weighted by molar-refractivity contribution is -0.174. The first-order valence-corrected chi connectivity index (χ1v) is 11.6. The molecule has 10 atom stereocenters. The van der Waals surface area contributed by atoms with Crippen LogP contribution < -0.4 is 0 Å². The van der Waals surface area contributed by atoms with Crippen LogP contribution in [0.15, 0.2) is 0 Å². The molecule has 27 heavy (non-hydrogen) atoms. The largest absolute Gasteiger partial charge is 0.393 e. The van der Waals surface area contributed by atoms with Crippen LogP contribution in [0.2, 0.25) is 0 Å². The molecular formula is C24H40O3. The zero-order chi connectivity index (χ0) is 19.4. The van der Waals surface area contributed by atoms with Crippen molar-refractivity contribution in [2.75, 3.05) is 0 Å². The second-order valence-corrected chi connectivity index (χ2v) is 11.2. The Kier molecular flexibility index (Phi) is 5.25. The van der Waals surface area contributed by atoms with Gasteiger partial charge in [0.1, 0.15) is 6.29 Å². The summed E-state index contributed by atoms with van der Waals surface area (Å²) >= 11 is 0. The zero-order valence-electron chi connectivity index (χ0n) is 17.6. The summed E-state index contributed by atoms with van der Waals surface area (Å²) in [5.41, 5.74) is 0.646. The third-order valence-corrected chi connectivity index (χ3v) is 10.2. The van der Waals surface area contributed by atoms with Gasteiger partial charge >= 0.3 is 0 Å². The lowest BCUT2D eigenvalue weighted by Crippen LogP contribution is -2.58. The van der Waals surface area contributed by atoms with Crippen molar-refractivity contribution in [3.05, 3.63) is 0 Å². The monoisotopic (exact) mass is 376 g/mol. The highest BCUT2D eigenvalue weighted by atomic mass is 16.3. The smallest absolute Gasteiger partial charge is 0.120 e. The van der Waals surface area contributed by atoms with Crippen molar-refractivity contribution in [3.8, 4) is 0 Å². The second-order valence-electron chi connectivity index (χ2n) is 11.2. The number of fused-ring (bicyclic) bond motifs is 5. The van der Waals surface area contributed by atoms with E-state index in [2.05, 4.69) is 20.8 Å². The van der Waals surface area contributed by atoms with Gasteiger partial charge in [-0.25, -0.2) is 0 Å². The first-order chi connectivity index (χ1) is 12.8. The van der Waals surface area contributed by atoms with Crippen molar-refractivity contribution in [1.29, 1.82) is 0 Å². The van der Waals surface area contributed by atoms with E-state index in [1.165, 1.54) is 25.7 Å². The first kappa shape index (κ1) is 19.9. The lowest BCUT2D eigenvalue weighted by Gasteiger charge is -2.62. The number of rotatable bonds is 4. The summed E-state index contributed by atoms with van der Waals surface area (Å²) in [6.45, 7) is 7.34. The Balaban J connectivity index is 1.58. The molecule has 0 aromatic heterocycles. The highest BCUT2D eigenvalue weighted by Crippen LogP contribution is 2.68. The summed E-state index contributed by atoms with van der Waals surface area (Å²) in [6.07, 6.45) is 11.4. The Bertz CT molecular complexity index is 562. The van der Waals surface area contributed by atoms with Crippen LogP contribution in [0.1, 0.15) is 85.0 Å². The molecule has 154 valence electrons. The summed E-state index contributed by atoms with van der Waals surface area (Å²) in [4.78, 5) is 10.9. The van der Waals surface area contributed by atoms with Crippen LogP contribution in [0.5, 0.6) is 0 Å². The number of hydrogen-bond donors (Lipinski definition) is 2. The average molecular weight is 377 g/mol. The van der Waals surface area contributed by atoms with Crippen LogP contribution in [-0.4, -0.2) is 28.7 Å². The van der Waals surface area contributed by atoms with Crippen molar-refractivity contribution < 1.29 is 15.0 Å². The van der Waals surface area contributed by atoms with Crippen molar-refractivity contribution in [1.82, 2.24) is 0 Å². The Labute approximate surface area is 165 Å². The number of hydrogen-bond acceptors (Lipinski definition) is 3. The topological polar surface area (TPSA) is 57.5 Å². The van der Waals surface area contributed by atoms with Gasteiger partial charge in [0.25, 0.3) is 0 Å². The van der Waals surface area contributed by atoms with E-state index in [0.717, 1.165) is 38.4 Å². The maximum Gasteiger partial charge on any atom is 0.120 e. The van der Waals surface area contributed by atoms with Crippen LogP contribution in [0.25, 0.3) is 0 Å². The zero-order valence-corrected chi connectivity index (χ0v) is 17.6. The number of aldehydes is 1. The minimum absolute atomic E-state index is 0.157. The van der Waals surface area contributed by atoms with Crippen LogP contribution in [0.3, 0.4) is 0 Å². The SMILES string of the molecule is C[C@H](CCC=O)[C@H]1CC[C@H]2[C@@H]3[C@H](O)C[C@@H]4C[C@H](O)CC[C@]4(C)[C@H]3CC[C@]12C.